The van der Waals surface area contributed by atoms with Crippen LogP contribution in [0.5, 0.6) is 0 Å². The molecule has 3 N–H and O–H groups in total. The first-order valence-corrected chi connectivity index (χ1v) is 5.84. The van der Waals surface area contributed by atoms with Crippen LogP contribution in [0.15, 0.2) is 30.3 Å². The number of nitrogens with zero attached hydrogens (tertiary/aromatic N) is 1. The van der Waals surface area contributed by atoms with Gasteiger partial charge in [-0.15, -0.1) is 0 Å². The van der Waals surface area contributed by atoms with Crippen molar-refractivity contribution in [3.63, 3.8) is 0 Å². The second kappa shape index (κ2) is 6.28. The fraction of sp³-hybridized carbons (Fsp3) is 0.462. The second-order valence-corrected chi connectivity index (χ2v) is 3.90. The number of carbonyl (C=O) groups excluding carboxylic acids is 1. The molecular weight excluding hydrogens is 200 g/mol. The molecule has 0 aliphatic rings. The largest absolute Gasteiger partial charge is 0.347 e. The number of hydrogen-bond donors (Lipinski definition) is 1. The molecule has 1 aromatic rings. The summed E-state index contributed by atoms with van der Waals surface area (Å²) in [5.74, 6) is 0.147. The molecule has 1 amide bonds. The molecule has 0 aliphatic heterocycles. The lowest BCUT2D eigenvalue weighted by molar-refractivity contribution is -0.405. The van der Waals surface area contributed by atoms with E-state index in [4.69, 9.17) is 0 Å². The molecular formula is C13H21N2O+. The number of benzene rings is 1. The molecule has 16 heavy (non-hydrogen) atoms. The molecule has 3 nitrogen and oxygen atoms in total. The first kappa shape index (κ1) is 12.7. The molecule has 0 heterocycles. The molecule has 0 saturated heterocycles. The molecule has 0 fully saturated rings. The van der Waals surface area contributed by atoms with Crippen LogP contribution in [0.3, 0.4) is 0 Å². The molecule has 0 unspecified atom stereocenters. The van der Waals surface area contributed by atoms with Crippen LogP contribution in [0.4, 0.5) is 0 Å². The van der Waals surface area contributed by atoms with Gasteiger partial charge in [0.1, 0.15) is 0 Å². The standard InChI is InChI=1S/C13H20N2O/c1-3-15(4-2)13(16)12(14)10-11-8-6-5-7-9-11/h5-9,12H,3-4,10,14H2,1-2H3/p+1/t12-/m1/s1. The molecule has 0 aliphatic carbocycles. The summed E-state index contributed by atoms with van der Waals surface area (Å²) in [5, 5.41) is 0. The fourth-order valence-corrected chi connectivity index (χ4v) is 1.78. The highest BCUT2D eigenvalue weighted by molar-refractivity contribution is 5.80. The maximum absolute atomic E-state index is 12.0. The van der Waals surface area contributed by atoms with Crippen molar-refractivity contribution < 1.29 is 10.5 Å². The average Bonchev–Trinajstić information content (AvgIpc) is 2.31. The predicted molar refractivity (Wildman–Crippen MR) is 64.8 cm³/mol. The van der Waals surface area contributed by atoms with E-state index in [1.807, 2.05) is 49.1 Å². The molecule has 1 atom stereocenters. The monoisotopic (exact) mass is 221 g/mol. The van der Waals surface area contributed by atoms with E-state index < -0.39 is 0 Å². The number of amides is 1. The van der Waals surface area contributed by atoms with Crippen LogP contribution in [-0.2, 0) is 11.2 Å². The van der Waals surface area contributed by atoms with Crippen molar-refractivity contribution in [2.45, 2.75) is 26.3 Å². The molecule has 0 saturated carbocycles. The van der Waals surface area contributed by atoms with Crippen molar-refractivity contribution in [1.29, 1.82) is 0 Å². The Labute approximate surface area is 97.2 Å². The van der Waals surface area contributed by atoms with Crippen LogP contribution in [0, 0.1) is 0 Å². The minimum absolute atomic E-state index is 0.147. The molecule has 1 aromatic carbocycles. The zero-order valence-corrected chi connectivity index (χ0v) is 10.1. The summed E-state index contributed by atoms with van der Waals surface area (Å²) in [7, 11) is 0. The Balaban J connectivity index is 2.58. The van der Waals surface area contributed by atoms with Crippen molar-refractivity contribution in [2.24, 2.45) is 0 Å². The summed E-state index contributed by atoms with van der Waals surface area (Å²) < 4.78 is 0. The van der Waals surface area contributed by atoms with Gasteiger partial charge in [0.25, 0.3) is 5.91 Å². The van der Waals surface area contributed by atoms with Crippen molar-refractivity contribution in [3.05, 3.63) is 35.9 Å². The van der Waals surface area contributed by atoms with Crippen LogP contribution in [0.2, 0.25) is 0 Å². The molecule has 88 valence electrons. The Morgan fingerprint density at radius 2 is 1.81 bits per heavy atom. The summed E-state index contributed by atoms with van der Waals surface area (Å²) in [6, 6.07) is 9.85. The lowest BCUT2D eigenvalue weighted by atomic mass is 10.1. The minimum atomic E-state index is -0.178. The second-order valence-electron chi connectivity index (χ2n) is 3.90. The average molecular weight is 221 g/mol. The van der Waals surface area contributed by atoms with E-state index >= 15 is 0 Å². The van der Waals surface area contributed by atoms with Gasteiger partial charge in [0.05, 0.1) is 0 Å². The number of quaternary nitrogens is 1. The van der Waals surface area contributed by atoms with Gasteiger partial charge >= 0.3 is 0 Å². The third-order valence-electron chi connectivity index (χ3n) is 2.75. The Morgan fingerprint density at radius 3 is 2.31 bits per heavy atom. The SMILES string of the molecule is CCN(CC)C(=O)[C@H]([NH3+])Cc1ccccc1. The van der Waals surface area contributed by atoms with Gasteiger partial charge in [-0.3, -0.25) is 4.79 Å². The Hall–Kier alpha value is -1.35. The summed E-state index contributed by atoms with van der Waals surface area (Å²) in [6.07, 6.45) is 0.718. The van der Waals surface area contributed by atoms with E-state index in [0.29, 0.717) is 0 Å². The van der Waals surface area contributed by atoms with Crippen molar-refractivity contribution >= 4 is 5.91 Å². The van der Waals surface area contributed by atoms with Gasteiger partial charge in [-0.2, -0.15) is 0 Å². The predicted octanol–water partition coefficient (Wildman–Crippen LogP) is 0.708. The van der Waals surface area contributed by atoms with E-state index in [9.17, 15) is 4.79 Å². The smallest absolute Gasteiger partial charge is 0.281 e. The first-order valence-electron chi connectivity index (χ1n) is 5.84. The zero-order chi connectivity index (χ0) is 12.0. The molecule has 0 radical (unpaired) electrons. The molecule has 0 bridgehead atoms. The van der Waals surface area contributed by atoms with Gasteiger partial charge < -0.3 is 10.6 Å². The van der Waals surface area contributed by atoms with E-state index in [1.54, 1.807) is 0 Å². The summed E-state index contributed by atoms with van der Waals surface area (Å²) in [5.41, 5.74) is 5.13. The van der Waals surface area contributed by atoms with E-state index in [-0.39, 0.29) is 11.9 Å². The van der Waals surface area contributed by atoms with Crippen molar-refractivity contribution in [3.8, 4) is 0 Å². The van der Waals surface area contributed by atoms with Gasteiger partial charge in [-0.25, -0.2) is 0 Å². The Bertz CT molecular complexity index is 320. The first-order chi connectivity index (χ1) is 7.69. The topological polar surface area (TPSA) is 48.0 Å². The number of hydrogen-bond acceptors (Lipinski definition) is 1. The maximum atomic E-state index is 12.0. The van der Waals surface area contributed by atoms with E-state index in [0.717, 1.165) is 19.5 Å². The van der Waals surface area contributed by atoms with Gasteiger partial charge in [0, 0.05) is 19.5 Å². The molecule has 0 aromatic heterocycles. The fourth-order valence-electron chi connectivity index (χ4n) is 1.78. The van der Waals surface area contributed by atoms with Crippen LogP contribution < -0.4 is 5.73 Å². The van der Waals surface area contributed by atoms with Crippen LogP contribution in [-0.4, -0.2) is 29.9 Å². The summed E-state index contributed by atoms with van der Waals surface area (Å²) >= 11 is 0. The van der Waals surface area contributed by atoms with Gasteiger partial charge in [0.15, 0.2) is 6.04 Å². The Morgan fingerprint density at radius 1 is 1.25 bits per heavy atom. The quantitative estimate of drug-likeness (QED) is 0.782. The lowest BCUT2D eigenvalue weighted by Gasteiger charge is -2.20. The van der Waals surface area contributed by atoms with E-state index in [1.165, 1.54) is 5.56 Å². The van der Waals surface area contributed by atoms with Crippen LogP contribution in [0.1, 0.15) is 19.4 Å². The maximum Gasteiger partial charge on any atom is 0.281 e. The minimum Gasteiger partial charge on any atom is -0.347 e. The highest BCUT2D eigenvalue weighted by Gasteiger charge is 2.21. The highest BCUT2D eigenvalue weighted by Crippen LogP contribution is 2.03. The van der Waals surface area contributed by atoms with Crippen molar-refractivity contribution in [1.82, 2.24) is 4.90 Å². The summed E-state index contributed by atoms with van der Waals surface area (Å²) in [4.78, 5) is 13.8. The number of carbonyl (C=O) groups is 1. The normalized spacial score (nSPS) is 12.2. The zero-order valence-electron chi connectivity index (χ0n) is 10.1. The van der Waals surface area contributed by atoms with Crippen LogP contribution in [0.25, 0.3) is 0 Å². The molecule has 0 spiro atoms. The Kier molecular flexibility index (Phi) is 4.99. The van der Waals surface area contributed by atoms with E-state index in [2.05, 4.69) is 5.73 Å². The lowest BCUT2D eigenvalue weighted by Crippen LogP contribution is -2.68. The highest BCUT2D eigenvalue weighted by atomic mass is 16.2. The van der Waals surface area contributed by atoms with Crippen LogP contribution >= 0.6 is 0 Å². The van der Waals surface area contributed by atoms with Gasteiger partial charge in [-0.1, -0.05) is 30.3 Å². The number of rotatable bonds is 5. The molecule has 3 heteroatoms. The number of likely N-dealkylation sites (N-methyl/N-ethyl adjacent to an activating group) is 1. The third-order valence-corrected chi connectivity index (χ3v) is 2.75. The van der Waals surface area contributed by atoms with Gasteiger partial charge in [0.2, 0.25) is 0 Å². The third kappa shape index (κ3) is 3.35. The summed E-state index contributed by atoms with van der Waals surface area (Å²) in [6.45, 7) is 5.51. The van der Waals surface area contributed by atoms with Crippen molar-refractivity contribution in [2.75, 3.05) is 13.1 Å². The van der Waals surface area contributed by atoms with Gasteiger partial charge in [-0.05, 0) is 19.4 Å². The molecule has 1 rings (SSSR count).